The average Bonchev–Trinajstić information content (AvgIpc) is 2.70. The predicted octanol–water partition coefficient (Wildman–Crippen LogP) is 2.01. The van der Waals surface area contributed by atoms with Gasteiger partial charge in [-0.3, -0.25) is 14.4 Å². The molecule has 0 fully saturated rings. The molecule has 0 radical (unpaired) electrons. The molecule has 9 heteroatoms. The molecule has 0 atom stereocenters. The van der Waals surface area contributed by atoms with Gasteiger partial charge in [-0.2, -0.15) is 5.10 Å². The maximum atomic E-state index is 12.9. The highest BCUT2D eigenvalue weighted by Crippen LogP contribution is 2.32. The van der Waals surface area contributed by atoms with Gasteiger partial charge in [0.05, 0.1) is 25.8 Å². The van der Waals surface area contributed by atoms with Crippen LogP contribution >= 0.6 is 0 Å². The number of aromatic nitrogens is 2. The zero-order chi connectivity index (χ0) is 21.0. The molecular weight excluding hydrogens is 376 g/mol. The summed E-state index contributed by atoms with van der Waals surface area (Å²) in [4.78, 5) is 36.3. The third kappa shape index (κ3) is 4.34. The Hall–Kier alpha value is -3.88. The van der Waals surface area contributed by atoms with Crippen molar-refractivity contribution in [2.24, 2.45) is 0 Å². The van der Waals surface area contributed by atoms with Gasteiger partial charge in [0.15, 0.2) is 11.5 Å². The summed E-state index contributed by atoms with van der Waals surface area (Å²) in [6, 6.07) is 10.0. The fourth-order valence-electron chi connectivity index (χ4n) is 2.87. The Morgan fingerprint density at radius 1 is 1.00 bits per heavy atom. The Kier molecular flexibility index (Phi) is 5.77. The second-order valence-electron chi connectivity index (χ2n) is 6.18. The van der Waals surface area contributed by atoms with Crippen molar-refractivity contribution in [2.45, 2.75) is 13.5 Å². The summed E-state index contributed by atoms with van der Waals surface area (Å²) in [5.41, 5.74) is 0.676. The van der Waals surface area contributed by atoms with Gasteiger partial charge >= 0.3 is 0 Å². The number of hydrogen-bond donors (Lipinski definition) is 2. The van der Waals surface area contributed by atoms with Crippen molar-refractivity contribution in [3.8, 4) is 11.5 Å². The van der Waals surface area contributed by atoms with E-state index < -0.39 is 11.5 Å². The summed E-state index contributed by atoms with van der Waals surface area (Å²) in [5.74, 6) is 0.0994. The molecule has 3 aromatic rings. The maximum Gasteiger partial charge on any atom is 0.279 e. The van der Waals surface area contributed by atoms with Gasteiger partial charge in [-0.15, -0.1) is 0 Å². The van der Waals surface area contributed by atoms with E-state index in [1.807, 2.05) is 0 Å². The van der Waals surface area contributed by atoms with Crippen LogP contribution in [0.5, 0.6) is 11.5 Å². The minimum atomic E-state index is -0.464. The lowest BCUT2D eigenvalue weighted by Gasteiger charge is -2.12. The van der Waals surface area contributed by atoms with Gasteiger partial charge in [-0.05, 0) is 36.4 Å². The minimum Gasteiger partial charge on any atom is -0.493 e. The van der Waals surface area contributed by atoms with E-state index >= 15 is 0 Å². The molecular formula is C20H20N4O5. The highest BCUT2D eigenvalue weighted by molar-refractivity contribution is 5.93. The number of anilines is 2. The summed E-state index contributed by atoms with van der Waals surface area (Å²) in [6.07, 6.45) is 1.49. The zero-order valence-corrected chi connectivity index (χ0v) is 16.2. The number of amides is 2. The average molecular weight is 396 g/mol. The second-order valence-corrected chi connectivity index (χ2v) is 6.18. The van der Waals surface area contributed by atoms with Crippen LogP contribution in [0, 0.1) is 0 Å². The molecule has 1 heterocycles. The van der Waals surface area contributed by atoms with Crippen molar-refractivity contribution in [1.82, 2.24) is 9.78 Å². The molecule has 0 aliphatic heterocycles. The number of rotatable bonds is 6. The van der Waals surface area contributed by atoms with Gasteiger partial charge in [0.25, 0.3) is 5.56 Å². The van der Waals surface area contributed by atoms with E-state index in [-0.39, 0.29) is 17.8 Å². The third-order valence-electron chi connectivity index (χ3n) is 4.14. The Bertz CT molecular complexity index is 1120. The van der Waals surface area contributed by atoms with Crippen LogP contribution in [-0.2, 0) is 16.1 Å². The van der Waals surface area contributed by atoms with Crippen molar-refractivity contribution in [3.05, 3.63) is 52.9 Å². The first-order chi connectivity index (χ1) is 13.9. The highest BCUT2D eigenvalue weighted by atomic mass is 16.5. The van der Waals surface area contributed by atoms with Crippen molar-refractivity contribution < 1.29 is 19.1 Å². The summed E-state index contributed by atoms with van der Waals surface area (Å²) in [5, 5.41) is 10.3. The van der Waals surface area contributed by atoms with Crippen LogP contribution in [-0.4, -0.2) is 35.8 Å². The van der Waals surface area contributed by atoms with Gasteiger partial charge in [-0.1, -0.05) is 0 Å². The van der Waals surface area contributed by atoms with Crippen LogP contribution < -0.4 is 25.7 Å². The van der Waals surface area contributed by atoms with Gasteiger partial charge in [0, 0.05) is 23.7 Å². The first-order valence-electron chi connectivity index (χ1n) is 8.71. The lowest BCUT2D eigenvalue weighted by molar-refractivity contribution is -0.117. The van der Waals surface area contributed by atoms with Crippen molar-refractivity contribution in [1.29, 1.82) is 0 Å². The number of benzene rings is 2. The quantitative estimate of drug-likeness (QED) is 0.659. The van der Waals surface area contributed by atoms with Crippen molar-refractivity contribution >= 4 is 34.0 Å². The van der Waals surface area contributed by atoms with E-state index in [0.717, 1.165) is 4.68 Å². The lowest BCUT2D eigenvalue weighted by atomic mass is 10.1. The monoisotopic (exact) mass is 396 g/mol. The Labute approximate surface area is 166 Å². The summed E-state index contributed by atoms with van der Waals surface area (Å²) >= 11 is 0. The van der Waals surface area contributed by atoms with Gasteiger partial charge < -0.3 is 20.1 Å². The van der Waals surface area contributed by atoms with Gasteiger partial charge in [0.2, 0.25) is 11.8 Å². The van der Waals surface area contributed by atoms with Crippen LogP contribution in [0.25, 0.3) is 10.8 Å². The standard InChI is InChI=1S/C20H20N4O5/c1-12(25)22-14-5-7-15(8-6-14)23-17(26)11-24-20(27)18-13(10-21-24)4-9-16(28-2)19(18)29-3/h4-10H,11H2,1-3H3,(H,22,25)(H,23,26). The summed E-state index contributed by atoms with van der Waals surface area (Å²) in [6.45, 7) is 1.14. The molecule has 2 amide bonds. The normalized spacial score (nSPS) is 10.4. The van der Waals surface area contributed by atoms with E-state index in [2.05, 4.69) is 15.7 Å². The number of hydrogen-bond acceptors (Lipinski definition) is 6. The summed E-state index contributed by atoms with van der Waals surface area (Å²) < 4.78 is 11.6. The van der Waals surface area contributed by atoms with E-state index in [1.165, 1.54) is 27.3 Å². The smallest absolute Gasteiger partial charge is 0.279 e. The first kappa shape index (κ1) is 19.9. The molecule has 0 aliphatic rings. The largest absolute Gasteiger partial charge is 0.493 e. The predicted molar refractivity (Wildman–Crippen MR) is 108 cm³/mol. The highest BCUT2D eigenvalue weighted by Gasteiger charge is 2.16. The molecule has 29 heavy (non-hydrogen) atoms. The fourth-order valence-corrected chi connectivity index (χ4v) is 2.87. The molecule has 0 unspecified atom stereocenters. The molecule has 2 N–H and O–H groups in total. The third-order valence-corrected chi connectivity index (χ3v) is 4.14. The Balaban J connectivity index is 1.82. The number of methoxy groups -OCH3 is 2. The maximum absolute atomic E-state index is 12.9. The van der Waals surface area contributed by atoms with Gasteiger partial charge in [0.1, 0.15) is 6.54 Å². The number of fused-ring (bicyclic) bond motifs is 1. The number of nitrogens with one attached hydrogen (secondary N) is 2. The van der Waals surface area contributed by atoms with Crippen LogP contribution in [0.3, 0.4) is 0 Å². The number of carbonyl (C=O) groups excluding carboxylic acids is 2. The molecule has 0 bridgehead atoms. The molecule has 0 saturated heterocycles. The van der Waals surface area contributed by atoms with Gasteiger partial charge in [-0.25, -0.2) is 4.68 Å². The van der Waals surface area contributed by atoms with Crippen LogP contribution in [0.2, 0.25) is 0 Å². The van der Waals surface area contributed by atoms with E-state index in [4.69, 9.17) is 9.47 Å². The number of ether oxygens (including phenoxy) is 2. The Morgan fingerprint density at radius 3 is 2.24 bits per heavy atom. The van der Waals surface area contributed by atoms with Crippen LogP contribution in [0.1, 0.15) is 6.92 Å². The van der Waals surface area contributed by atoms with Crippen molar-refractivity contribution in [3.63, 3.8) is 0 Å². The molecule has 1 aromatic heterocycles. The molecule has 9 nitrogen and oxygen atoms in total. The molecule has 0 spiro atoms. The number of nitrogens with zero attached hydrogens (tertiary/aromatic N) is 2. The fraction of sp³-hybridized carbons (Fsp3) is 0.200. The van der Waals surface area contributed by atoms with Crippen LogP contribution in [0.4, 0.5) is 11.4 Å². The van der Waals surface area contributed by atoms with E-state index in [1.54, 1.807) is 36.4 Å². The molecule has 0 aliphatic carbocycles. The minimum absolute atomic E-state index is 0.185. The lowest BCUT2D eigenvalue weighted by Crippen LogP contribution is -2.29. The molecule has 2 aromatic carbocycles. The van der Waals surface area contributed by atoms with Crippen LogP contribution in [0.15, 0.2) is 47.4 Å². The first-order valence-corrected chi connectivity index (χ1v) is 8.71. The van der Waals surface area contributed by atoms with E-state index in [9.17, 15) is 14.4 Å². The number of carbonyl (C=O) groups is 2. The zero-order valence-electron chi connectivity index (χ0n) is 16.2. The van der Waals surface area contributed by atoms with E-state index in [0.29, 0.717) is 28.3 Å². The SMILES string of the molecule is COc1ccc2cnn(CC(=O)Nc3ccc(NC(C)=O)cc3)c(=O)c2c1OC. The topological polar surface area (TPSA) is 112 Å². The Morgan fingerprint density at radius 2 is 1.66 bits per heavy atom. The second kappa shape index (κ2) is 8.42. The molecule has 0 saturated carbocycles. The molecule has 3 rings (SSSR count). The summed E-state index contributed by atoms with van der Waals surface area (Å²) in [7, 11) is 2.92. The van der Waals surface area contributed by atoms with Crippen molar-refractivity contribution in [2.75, 3.05) is 24.9 Å². The molecule has 150 valence electrons.